The lowest BCUT2D eigenvalue weighted by Gasteiger charge is -2.28. The largest absolute Gasteiger partial charge is 0.490 e. The molecule has 1 aromatic carbocycles. The summed E-state index contributed by atoms with van der Waals surface area (Å²) < 4.78 is 16.4. The summed E-state index contributed by atoms with van der Waals surface area (Å²) in [7, 11) is 1.29. The molecular formula is C19H25ClN2O5. The molecule has 148 valence electrons. The number of hydrogen-bond donors (Lipinski definition) is 2. The molecule has 1 aliphatic heterocycles. The SMILES string of the molecule is CCOc1cc(C2NC(=O)NC(C)=C2C(=O)OC)cc(Cl)c1OCC(C)C. The molecule has 0 aromatic heterocycles. The number of esters is 1. The summed E-state index contributed by atoms with van der Waals surface area (Å²) in [5, 5.41) is 5.65. The molecule has 1 unspecified atom stereocenters. The summed E-state index contributed by atoms with van der Waals surface area (Å²) in [6.45, 7) is 8.45. The van der Waals surface area contributed by atoms with Crippen LogP contribution in [0.3, 0.4) is 0 Å². The minimum Gasteiger partial charge on any atom is -0.490 e. The van der Waals surface area contributed by atoms with Gasteiger partial charge in [0.15, 0.2) is 11.5 Å². The molecule has 0 radical (unpaired) electrons. The summed E-state index contributed by atoms with van der Waals surface area (Å²) in [5.74, 6) is 0.668. The van der Waals surface area contributed by atoms with Crippen LogP contribution >= 0.6 is 11.6 Å². The number of halogens is 1. The Morgan fingerprint density at radius 1 is 1.30 bits per heavy atom. The summed E-state index contributed by atoms with van der Waals surface area (Å²) in [6, 6.07) is 2.24. The second kappa shape index (κ2) is 8.99. The lowest BCUT2D eigenvalue weighted by atomic mass is 9.95. The van der Waals surface area contributed by atoms with Gasteiger partial charge in [0, 0.05) is 5.70 Å². The van der Waals surface area contributed by atoms with Crippen molar-refractivity contribution in [1.29, 1.82) is 0 Å². The fraction of sp³-hybridized carbons (Fsp3) is 0.474. The van der Waals surface area contributed by atoms with E-state index >= 15 is 0 Å². The topological polar surface area (TPSA) is 85.9 Å². The molecule has 1 aromatic rings. The fourth-order valence-corrected chi connectivity index (χ4v) is 3.01. The zero-order chi connectivity index (χ0) is 20.1. The van der Waals surface area contributed by atoms with E-state index in [2.05, 4.69) is 10.6 Å². The molecule has 0 fully saturated rings. The van der Waals surface area contributed by atoms with Crippen LogP contribution in [0, 0.1) is 5.92 Å². The Hall–Kier alpha value is -2.41. The Bertz CT molecular complexity index is 761. The van der Waals surface area contributed by atoms with Crippen molar-refractivity contribution < 1.29 is 23.8 Å². The number of allylic oxidation sites excluding steroid dienone is 1. The van der Waals surface area contributed by atoms with E-state index in [4.69, 9.17) is 25.8 Å². The van der Waals surface area contributed by atoms with Gasteiger partial charge in [0.25, 0.3) is 0 Å². The maximum atomic E-state index is 12.2. The quantitative estimate of drug-likeness (QED) is 0.688. The van der Waals surface area contributed by atoms with Gasteiger partial charge in [-0.2, -0.15) is 0 Å². The Kier molecular flexibility index (Phi) is 6.96. The molecule has 8 heteroatoms. The minimum absolute atomic E-state index is 0.298. The lowest BCUT2D eigenvalue weighted by Crippen LogP contribution is -2.45. The van der Waals surface area contributed by atoms with E-state index in [0.29, 0.717) is 52.5 Å². The summed E-state index contributed by atoms with van der Waals surface area (Å²) >= 11 is 6.44. The van der Waals surface area contributed by atoms with Crippen molar-refractivity contribution in [2.45, 2.75) is 33.7 Å². The van der Waals surface area contributed by atoms with Crippen molar-refractivity contribution >= 4 is 23.6 Å². The normalized spacial score (nSPS) is 16.7. The van der Waals surface area contributed by atoms with Gasteiger partial charge in [-0.05, 0) is 37.5 Å². The average Bonchev–Trinajstić information content (AvgIpc) is 2.59. The first kappa shape index (κ1) is 20.9. The van der Waals surface area contributed by atoms with Crippen molar-refractivity contribution in [3.8, 4) is 11.5 Å². The molecule has 1 aliphatic rings. The van der Waals surface area contributed by atoms with E-state index in [1.807, 2.05) is 20.8 Å². The van der Waals surface area contributed by atoms with Crippen LogP contribution in [0.2, 0.25) is 5.02 Å². The van der Waals surface area contributed by atoms with Crippen LogP contribution in [-0.4, -0.2) is 32.3 Å². The van der Waals surface area contributed by atoms with Gasteiger partial charge in [-0.1, -0.05) is 25.4 Å². The molecule has 2 amide bonds. The maximum absolute atomic E-state index is 12.2. The van der Waals surface area contributed by atoms with E-state index in [1.165, 1.54) is 7.11 Å². The summed E-state index contributed by atoms with van der Waals surface area (Å²) in [6.07, 6.45) is 0. The van der Waals surface area contributed by atoms with Crippen LogP contribution < -0.4 is 20.1 Å². The van der Waals surface area contributed by atoms with Gasteiger partial charge in [-0.3, -0.25) is 0 Å². The number of urea groups is 1. The number of carbonyl (C=O) groups excluding carboxylic acids is 2. The number of ether oxygens (including phenoxy) is 3. The van der Waals surface area contributed by atoms with Crippen molar-refractivity contribution in [2.24, 2.45) is 5.92 Å². The molecule has 7 nitrogen and oxygen atoms in total. The van der Waals surface area contributed by atoms with Gasteiger partial charge in [0.05, 0.1) is 37.0 Å². The van der Waals surface area contributed by atoms with E-state index in [-0.39, 0.29) is 0 Å². The third kappa shape index (κ3) is 4.86. The Balaban J connectivity index is 2.51. The van der Waals surface area contributed by atoms with E-state index in [0.717, 1.165) is 0 Å². The average molecular weight is 397 g/mol. The van der Waals surface area contributed by atoms with E-state index in [1.54, 1.807) is 19.1 Å². The van der Waals surface area contributed by atoms with Gasteiger partial charge >= 0.3 is 12.0 Å². The third-order valence-corrected chi connectivity index (χ3v) is 4.18. The highest BCUT2D eigenvalue weighted by molar-refractivity contribution is 6.32. The van der Waals surface area contributed by atoms with Gasteiger partial charge < -0.3 is 24.8 Å². The predicted molar refractivity (Wildman–Crippen MR) is 102 cm³/mol. The second-order valence-electron chi connectivity index (χ2n) is 6.53. The second-order valence-corrected chi connectivity index (χ2v) is 6.94. The molecule has 0 aliphatic carbocycles. The summed E-state index contributed by atoms with van der Waals surface area (Å²) in [5.41, 5.74) is 1.31. The van der Waals surface area contributed by atoms with Gasteiger partial charge in [-0.25, -0.2) is 9.59 Å². The van der Waals surface area contributed by atoms with E-state index < -0.39 is 18.0 Å². The first-order valence-corrected chi connectivity index (χ1v) is 9.11. The minimum atomic E-state index is -0.720. The lowest BCUT2D eigenvalue weighted by molar-refractivity contribution is -0.136. The highest BCUT2D eigenvalue weighted by atomic mass is 35.5. The smallest absolute Gasteiger partial charge is 0.337 e. The van der Waals surface area contributed by atoms with Crippen molar-refractivity contribution in [3.05, 3.63) is 34.0 Å². The van der Waals surface area contributed by atoms with Crippen LogP contribution in [0.25, 0.3) is 0 Å². The number of methoxy groups -OCH3 is 1. The molecule has 0 bridgehead atoms. The van der Waals surface area contributed by atoms with Crippen LogP contribution in [0.5, 0.6) is 11.5 Å². The number of rotatable bonds is 7. The molecule has 0 saturated carbocycles. The molecule has 27 heavy (non-hydrogen) atoms. The summed E-state index contributed by atoms with van der Waals surface area (Å²) in [4.78, 5) is 24.2. The Morgan fingerprint density at radius 3 is 2.59 bits per heavy atom. The van der Waals surface area contributed by atoms with Crippen LogP contribution in [-0.2, 0) is 9.53 Å². The third-order valence-electron chi connectivity index (χ3n) is 3.90. The van der Waals surface area contributed by atoms with Crippen molar-refractivity contribution in [2.75, 3.05) is 20.3 Å². The van der Waals surface area contributed by atoms with Crippen molar-refractivity contribution in [1.82, 2.24) is 10.6 Å². The maximum Gasteiger partial charge on any atom is 0.337 e. The molecule has 0 spiro atoms. The van der Waals surface area contributed by atoms with Crippen LogP contribution in [0.15, 0.2) is 23.4 Å². The van der Waals surface area contributed by atoms with Crippen LogP contribution in [0.4, 0.5) is 4.79 Å². The number of benzene rings is 1. The zero-order valence-corrected chi connectivity index (χ0v) is 16.9. The first-order chi connectivity index (χ1) is 12.8. The first-order valence-electron chi connectivity index (χ1n) is 8.74. The monoisotopic (exact) mass is 396 g/mol. The highest BCUT2D eigenvalue weighted by Crippen LogP contribution is 2.40. The molecule has 1 atom stereocenters. The molecular weight excluding hydrogens is 372 g/mol. The van der Waals surface area contributed by atoms with Crippen molar-refractivity contribution in [3.63, 3.8) is 0 Å². The number of amides is 2. The predicted octanol–water partition coefficient (Wildman–Crippen LogP) is 3.57. The van der Waals surface area contributed by atoms with Gasteiger partial charge in [-0.15, -0.1) is 0 Å². The number of carbonyl (C=O) groups is 2. The van der Waals surface area contributed by atoms with Gasteiger partial charge in [0.2, 0.25) is 0 Å². The Labute approximate surface area is 164 Å². The van der Waals surface area contributed by atoms with Crippen LogP contribution in [0.1, 0.15) is 39.3 Å². The number of nitrogens with one attached hydrogen (secondary N) is 2. The molecule has 2 rings (SSSR count). The number of hydrogen-bond acceptors (Lipinski definition) is 5. The Morgan fingerprint density at radius 2 is 2.00 bits per heavy atom. The highest BCUT2D eigenvalue weighted by Gasteiger charge is 2.33. The van der Waals surface area contributed by atoms with Gasteiger partial charge in [0.1, 0.15) is 0 Å². The zero-order valence-electron chi connectivity index (χ0n) is 16.1. The molecule has 1 heterocycles. The molecule has 0 saturated heterocycles. The van der Waals surface area contributed by atoms with E-state index in [9.17, 15) is 9.59 Å². The fourth-order valence-electron chi connectivity index (χ4n) is 2.73. The molecule has 2 N–H and O–H groups in total. The standard InChI is InChI=1S/C19H25ClN2O5/c1-6-26-14-8-12(7-13(20)17(14)27-9-10(2)3)16-15(18(23)25-5)11(4)21-19(24)22-16/h7-8,10,16H,6,9H2,1-5H3,(H2,21,22,24).